The molecule has 2 aliphatic heterocycles. The molecule has 2 fully saturated rings. The van der Waals surface area contributed by atoms with Gasteiger partial charge in [-0.3, -0.25) is 67.1 Å². The average molecular weight is 1430 g/mol. The molecule has 564 valence electrons. The molecule has 14 atom stereocenters. The summed E-state index contributed by atoms with van der Waals surface area (Å²) in [6.07, 6.45) is 0.630. The number of aliphatic hydroxyl groups is 1. The predicted molar refractivity (Wildman–Crippen MR) is 384 cm³/mol. The molecule has 0 aliphatic carbocycles. The van der Waals surface area contributed by atoms with Gasteiger partial charge in [-0.2, -0.15) is 0 Å². The molecule has 14 amide bonds. The first-order chi connectivity index (χ1) is 48.3. The molecule has 5 rings (SSSR count). The number of aliphatic hydroxyl groups excluding tert-OH is 1. The fourth-order valence-corrected chi connectivity index (χ4v) is 12.2. The van der Waals surface area contributed by atoms with Crippen molar-refractivity contribution in [2.24, 2.45) is 5.92 Å². The second kappa shape index (κ2) is 37.4. The summed E-state index contributed by atoms with van der Waals surface area (Å²) in [5, 5.41) is 21.6. The van der Waals surface area contributed by atoms with E-state index >= 15 is 14.4 Å². The van der Waals surface area contributed by atoms with Crippen LogP contribution in [-0.4, -0.2) is 298 Å². The van der Waals surface area contributed by atoms with Crippen molar-refractivity contribution in [2.45, 2.75) is 192 Å². The lowest BCUT2D eigenvalue weighted by Crippen LogP contribution is -2.64. The van der Waals surface area contributed by atoms with Gasteiger partial charge in [-0.1, -0.05) is 105 Å². The number of hydrogen-bond donors (Lipinski definition) is 5. The maximum absolute atomic E-state index is 15.7. The summed E-state index contributed by atoms with van der Waals surface area (Å²) >= 11 is 0. The minimum Gasteiger partial charge on any atom is -0.391 e. The summed E-state index contributed by atoms with van der Waals surface area (Å²) in [5.41, 5.74) is 1.80. The van der Waals surface area contributed by atoms with Crippen molar-refractivity contribution in [1.82, 2.24) is 70.3 Å². The van der Waals surface area contributed by atoms with Gasteiger partial charge in [-0.15, -0.1) is 0 Å². The van der Waals surface area contributed by atoms with Gasteiger partial charge >= 0.3 is 0 Å². The molecule has 0 bridgehead atoms. The van der Waals surface area contributed by atoms with Crippen molar-refractivity contribution in [3.05, 3.63) is 108 Å². The Balaban J connectivity index is 1.61. The first-order valence-corrected chi connectivity index (χ1v) is 35.0. The van der Waals surface area contributed by atoms with Gasteiger partial charge in [0.15, 0.2) is 6.04 Å². The number of likely N-dealkylation sites (tertiary alicyclic amines) is 1. The van der Waals surface area contributed by atoms with Gasteiger partial charge in [0.25, 0.3) is 11.8 Å². The predicted octanol–water partition coefficient (Wildman–Crippen LogP) is 0.299. The highest BCUT2D eigenvalue weighted by molar-refractivity contribution is 6.10. The van der Waals surface area contributed by atoms with E-state index < -0.39 is 167 Å². The first kappa shape index (κ1) is 83.9. The number of nitrogens with one attached hydrogen (secondary N) is 4. The highest BCUT2D eigenvalue weighted by atomic mass is 16.3. The van der Waals surface area contributed by atoms with Gasteiger partial charge in [0.05, 0.1) is 6.10 Å². The average Bonchev–Trinajstić information content (AvgIpc) is 0.817. The lowest BCUT2D eigenvalue weighted by atomic mass is 9.99. The number of hydrogen-bond acceptors (Lipinski definition) is 15. The lowest BCUT2D eigenvalue weighted by Gasteiger charge is -2.38. The number of rotatable bonds is 15. The van der Waals surface area contributed by atoms with Gasteiger partial charge in [-0.05, 0) is 97.3 Å². The van der Waals surface area contributed by atoms with E-state index in [1.165, 1.54) is 112 Å². The maximum atomic E-state index is 15.7. The molecular formula is C74H108N14O15. The Labute approximate surface area is 605 Å². The van der Waals surface area contributed by atoms with Crippen molar-refractivity contribution in [3.8, 4) is 0 Å². The Hall–Kier alpha value is -9.80. The molecule has 3 unspecified atom stereocenters. The van der Waals surface area contributed by atoms with Crippen LogP contribution in [0.2, 0.25) is 0 Å². The van der Waals surface area contributed by atoms with Crippen LogP contribution in [0.4, 0.5) is 0 Å². The van der Waals surface area contributed by atoms with Gasteiger partial charge in [0, 0.05) is 95.8 Å². The third-order valence-corrected chi connectivity index (χ3v) is 20.4. The summed E-state index contributed by atoms with van der Waals surface area (Å²) < 4.78 is 0. The van der Waals surface area contributed by atoms with Crippen molar-refractivity contribution in [2.75, 3.05) is 76.5 Å². The Bertz CT molecular complexity index is 3520. The van der Waals surface area contributed by atoms with E-state index in [4.69, 9.17) is 0 Å². The van der Waals surface area contributed by atoms with Gasteiger partial charge in [0.2, 0.25) is 70.9 Å². The number of carbonyl (C=O) groups excluding carboxylic acids is 14. The van der Waals surface area contributed by atoms with E-state index in [9.17, 15) is 57.8 Å². The summed E-state index contributed by atoms with van der Waals surface area (Å²) in [4.78, 5) is 217. The third kappa shape index (κ3) is 20.7. The van der Waals surface area contributed by atoms with Crippen molar-refractivity contribution in [1.29, 1.82) is 0 Å². The molecular weight excluding hydrogens is 1320 g/mol. The summed E-state index contributed by atoms with van der Waals surface area (Å²) in [6, 6.07) is 6.98. The van der Waals surface area contributed by atoms with Crippen LogP contribution < -0.4 is 21.3 Å². The number of likely N-dealkylation sites (N-methyl/N-ethyl adjacent to an activating group) is 9. The SMILES string of the molecule is CC(C)[C@H]1NC(=O)[C@H](C)N(C)C(=O)[C@@H](C)N(C)C(=O)C(C(=O)N(C)[C@@H](Cc2ccccc2)C(=O)N(C)[C@@H](Cc2ccccc2)C(=O)N[C@@H](C)C(=O)N2CCCCC2)NC(=O)C(C)N(C)C(=O)[C@H](C)N(C)C(=O)C([C@@H](C)O)NC(=O)[C@H](C)N(C)C(=O)[C@H](Cc2ccccc2)N(C)C(=O)[C@H](C)N(C)C1=O. The minimum atomic E-state index is -2.30. The first-order valence-electron chi connectivity index (χ1n) is 35.0. The number of amides is 14. The van der Waals surface area contributed by atoms with Crippen molar-refractivity contribution < 1.29 is 72.2 Å². The Kier molecular flexibility index (Phi) is 30.4. The molecule has 0 saturated carbocycles. The Morgan fingerprint density at radius 1 is 0.456 bits per heavy atom. The van der Waals surface area contributed by atoms with Crippen LogP contribution in [0.3, 0.4) is 0 Å². The highest BCUT2D eigenvalue weighted by Gasteiger charge is 2.46. The summed E-state index contributed by atoms with van der Waals surface area (Å²) in [6.45, 7) is 15.2. The molecule has 103 heavy (non-hydrogen) atoms. The van der Waals surface area contributed by atoms with E-state index in [-0.39, 0.29) is 25.2 Å². The largest absolute Gasteiger partial charge is 0.391 e. The second-order valence-electron chi connectivity index (χ2n) is 27.7. The zero-order valence-electron chi connectivity index (χ0n) is 63.1. The molecule has 2 heterocycles. The molecule has 2 saturated heterocycles. The zero-order valence-corrected chi connectivity index (χ0v) is 63.1. The lowest BCUT2D eigenvalue weighted by molar-refractivity contribution is -0.155. The van der Waals surface area contributed by atoms with Crippen LogP contribution >= 0.6 is 0 Å². The number of nitrogens with zero attached hydrogens (tertiary/aromatic N) is 10. The highest BCUT2D eigenvalue weighted by Crippen LogP contribution is 2.22. The van der Waals surface area contributed by atoms with Gasteiger partial charge in [0.1, 0.15) is 72.5 Å². The molecule has 3 aromatic carbocycles. The smallest absolute Gasteiger partial charge is 0.255 e. The molecule has 29 heteroatoms. The fraction of sp³-hybridized carbons (Fsp3) is 0.568. The monoisotopic (exact) mass is 1430 g/mol. The fourth-order valence-electron chi connectivity index (χ4n) is 12.2. The van der Waals surface area contributed by atoms with Crippen LogP contribution in [0.25, 0.3) is 0 Å². The van der Waals surface area contributed by atoms with E-state index in [0.717, 1.165) is 63.4 Å². The van der Waals surface area contributed by atoms with Crippen molar-refractivity contribution in [3.63, 3.8) is 0 Å². The van der Waals surface area contributed by atoms with E-state index in [0.29, 0.717) is 29.8 Å². The van der Waals surface area contributed by atoms with E-state index in [2.05, 4.69) is 21.3 Å². The van der Waals surface area contributed by atoms with Gasteiger partial charge in [-0.25, -0.2) is 0 Å². The topological polar surface area (TPSA) is 340 Å². The number of piperidine rings is 1. The van der Waals surface area contributed by atoms with Gasteiger partial charge < -0.3 is 75.4 Å². The van der Waals surface area contributed by atoms with Crippen LogP contribution in [0.1, 0.15) is 105 Å². The molecule has 0 radical (unpaired) electrons. The summed E-state index contributed by atoms with van der Waals surface area (Å²) in [7, 11) is 11.5. The molecule has 5 N–H and O–H groups in total. The van der Waals surface area contributed by atoms with E-state index in [1.807, 2.05) is 0 Å². The second-order valence-corrected chi connectivity index (χ2v) is 27.7. The quantitative estimate of drug-likeness (QED) is 0.128. The summed E-state index contributed by atoms with van der Waals surface area (Å²) in [5.74, 6) is -12.6. The third-order valence-electron chi connectivity index (χ3n) is 20.4. The molecule has 0 aromatic heterocycles. The zero-order chi connectivity index (χ0) is 77.3. The van der Waals surface area contributed by atoms with Crippen LogP contribution in [0, 0.1) is 5.92 Å². The standard InChI is InChI=1S/C74H108N14O15/c1-43(2)58-71(100)82(14)50(9)68(97)86(18)56(41-53-34-26-21-27-35-53)69(98)81(13)47(6)62(91)77-59(51(10)89)72(101)83(15)48(7)66(95)80(12)46(5)63(92)78-60(73(102)84(16)49(8)67(96)79(11)45(4)61(90)76-58)74(103)87(19)57(42-54-36-28-22-29-37-54)70(99)85(17)55(40-52-32-24-20-25-33-52)64(93)75-44(3)65(94)88-38-30-23-31-39-88/h20-22,24-29,32-37,43-51,55-60,89H,23,30-31,38-42H2,1-19H3,(H,75,93)(H,76,90)(H,77,91)(H,78,92)/t44-,45-,46?,47-,48-,49+,50-,51+,55-,56-,57-,58+,59?,60?/m0/s1. The number of benzene rings is 3. The van der Waals surface area contributed by atoms with E-state index in [1.54, 1.807) is 117 Å². The molecule has 29 nitrogen and oxygen atoms in total. The van der Waals surface area contributed by atoms with Crippen LogP contribution in [0.5, 0.6) is 0 Å². The minimum absolute atomic E-state index is 0.0493. The normalized spacial score (nSPS) is 24.8. The Morgan fingerprint density at radius 3 is 1.26 bits per heavy atom. The van der Waals surface area contributed by atoms with Crippen LogP contribution in [-0.2, 0) is 86.4 Å². The van der Waals surface area contributed by atoms with Crippen LogP contribution in [0.15, 0.2) is 91.0 Å². The molecule has 2 aliphatic rings. The molecule has 0 spiro atoms. The maximum Gasteiger partial charge on any atom is 0.255 e. The number of carbonyl (C=O) groups is 14. The molecule has 3 aromatic rings. The Morgan fingerprint density at radius 2 is 0.825 bits per heavy atom. The van der Waals surface area contributed by atoms with Crippen molar-refractivity contribution >= 4 is 82.7 Å².